The van der Waals surface area contributed by atoms with Crippen molar-refractivity contribution < 1.29 is 13.9 Å². The van der Waals surface area contributed by atoms with E-state index in [1.165, 1.54) is 19.2 Å². The van der Waals surface area contributed by atoms with Gasteiger partial charge >= 0.3 is 0 Å². The summed E-state index contributed by atoms with van der Waals surface area (Å²) in [5, 5.41) is 0. The molecule has 0 amide bonds. The second-order valence-electron chi connectivity index (χ2n) is 3.80. The Morgan fingerprint density at radius 1 is 1.17 bits per heavy atom. The van der Waals surface area contributed by atoms with Gasteiger partial charge in [0.2, 0.25) is 0 Å². The maximum atomic E-state index is 13.2. The summed E-state index contributed by atoms with van der Waals surface area (Å²) in [4.78, 5) is 12.2. The summed E-state index contributed by atoms with van der Waals surface area (Å²) >= 11 is 0. The molecule has 3 nitrogen and oxygen atoms in total. The molecule has 0 aliphatic carbocycles. The van der Waals surface area contributed by atoms with Gasteiger partial charge in [0.15, 0.2) is 5.78 Å². The number of hydrogen-bond donors (Lipinski definition) is 1. The summed E-state index contributed by atoms with van der Waals surface area (Å²) in [6.45, 7) is 0. The van der Waals surface area contributed by atoms with Crippen LogP contribution in [0.2, 0.25) is 0 Å². The van der Waals surface area contributed by atoms with Crippen molar-refractivity contribution in [2.24, 2.45) is 0 Å². The van der Waals surface area contributed by atoms with Crippen LogP contribution in [0.1, 0.15) is 15.9 Å². The molecule has 0 bridgehead atoms. The van der Waals surface area contributed by atoms with Crippen LogP contribution in [-0.2, 0) is 0 Å². The predicted molar refractivity (Wildman–Crippen MR) is 67.2 cm³/mol. The minimum absolute atomic E-state index is 0.197. The number of methoxy groups -OCH3 is 1. The van der Waals surface area contributed by atoms with Crippen LogP contribution < -0.4 is 10.5 Å². The van der Waals surface area contributed by atoms with Crippen LogP contribution in [0.25, 0.3) is 0 Å². The zero-order chi connectivity index (χ0) is 13.1. The van der Waals surface area contributed by atoms with Gasteiger partial charge in [-0.25, -0.2) is 4.39 Å². The molecule has 0 heterocycles. The van der Waals surface area contributed by atoms with Crippen molar-refractivity contribution in [3.63, 3.8) is 0 Å². The Morgan fingerprint density at radius 3 is 2.44 bits per heavy atom. The van der Waals surface area contributed by atoms with E-state index in [9.17, 15) is 9.18 Å². The molecule has 0 spiro atoms. The Balaban J connectivity index is 2.45. The molecule has 2 aromatic rings. The molecule has 0 atom stereocenters. The largest absolute Gasteiger partial charge is 0.496 e. The molecule has 2 aromatic carbocycles. The van der Waals surface area contributed by atoms with E-state index in [0.29, 0.717) is 17.0 Å². The van der Waals surface area contributed by atoms with Crippen LogP contribution in [0, 0.1) is 5.82 Å². The molecule has 92 valence electrons. The Bertz CT molecular complexity index is 579. The van der Waals surface area contributed by atoms with Crippen LogP contribution >= 0.6 is 0 Å². The van der Waals surface area contributed by atoms with Gasteiger partial charge in [-0.2, -0.15) is 0 Å². The molecular formula is C14H12FNO2. The van der Waals surface area contributed by atoms with Crippen molar-refractivity contribution in [3.05, 3.63) is 59.4 Å². The van der Waals surface area contributed by atoms with E-state index in [-0.39, 0.29) is 11.3 Å². The molecule has 0 fully saturated rings. The minimum Gasteiger partial charge on any atom is -0.496 e. The fourth-order valence-corrected chi connectivity index (χ4v) is 1.65. The lowest BCUT2D eigenvalue weighted by atomic mass is 10.0. The summed E-state index contributed by atoms with van der Waals surface area (Å²) in [5.74, 6) is -0.431. The third kappa shape index (κ3) is 2.32. The maximum Gasteiger partial charge on any atom is 0.196 e. The Labute approximate surface area is 104 Å². The second-order valence-corrected chi connectivity index (χ2v) is 3.80. The van der Waals surface area contributed by atoms with Crippen molar-refractivity contribution >= 4 is 11.5 Å². The van der Waals surface area contributed by atoms with Gasteiger partial charge in [0, 0.05) is 11.3 Å². The minimum atomic E-state index is -0.477. The van der Waals surface area contributed by atoms with Crippen molar-refractivity contribution in [1.29, 1.82) is 0 Å². The van der Waals surface area contributed by atoms with E-state index in [1.807, 2.05) is 0 Å². The van der Waals surface area contributed by atoms with Crippen molar-refractivity contribution in [2.45, 2.75) is 0 Å². The predicted octanol–water partition coefficient (Wildman–Crippen LogP) is 2.65. The normalized spacial score (nSPS) is 10.1. The molecule has 18 heavy (non-hydrogen) atoms. The number of hydrogen-bond acceptors (Lipinski definition) is 3. The average Bonchev–Trinajstić information content (AvgIpc) is 2.39. The first-order valence-electron chi connectivity index (χ1n) is 5.35. The first-order chi connectivity index (χ1) is 8.61. The Morgan fingerprint density at radius 2 is 1.83 bits per heavy atom. The molecule has 0 unspecified atom stereocenters. The second kappa shape index (κ2) is 4.87. The molecule has 0 aliphatic rings. The standard InChI is InChI=1S/C14H12FNO2/c1-18-13-7-4-10(15)8-12(13)14(17)9-2-5-11(16)6-3-9/h2-8H,16H2,1H3. The summed E-state index contributed by atoms with van der Waals surface area (Å²) < 4.78 is 18.3. The monoisotopic (exact) mass is 245 g/mol. The van der Waals surface area contributed by atoms with Gasteiger partial charge in [0.05, 0.1) is 12.7 Å². The highest BCUT2D eigenvalue weighted by molar-refractivity contribution is 6.10. The zero-order valence-electron chi connectivity index (χ0n) is 9.81. The lowest BCUT2D eigenvalue weighted by Crippen LogP contribution is -2.04. The van der Waals surface area contributed by atoms with Crippen molar-refractivity contribution in [1.82, 2.24) is 0 Å². The SMILES string of the molecule is COc1ccc(F)cc1C(=O)c1ccc(N)cc1. The molecule has 2 N–H and O–H groups in total. The number of carbonyl (C=O) groups is 1. The summed E-state index contributed by atoms with van der Waals surface area (Å²) in [6, 6.07) is 10.3. The number of rotatable bonds is 3. The fraction of sp³-hybridized carbons (Fsp3) is 0.0714. The van der Waals surface area contributed by atoms with Gasteiger partial charge in [-0.1, -0.05) is 0 Å². The van der Waals surface area contributed by atoms with Gasteiger partial charge in [-0.15, -0.1) is 0 Å². The topological polar surface area (TPSA) is 52.3 Å². The molecule has 0 aromatic heterocycles. The number of halogens is 1. The van der Waals surface area contributed by atoms with Gasteiger partial charge < -0.3 is 10.5 Å². The molecule has 0 saturated carbocycles. The van der Waals surface area contributed by atoms with E-state index >= 15 is 0 Å². The number of nitrogens with two attached hydrogens (primary N) is 1. The first kappa shape index (κ1) is 12.1. The summed E-state index contributed by atoms with van der Waals surface area (Å²) in [5.41, 5.74) is 6.75. The van der Waals surface area contributed by atoms with E-state index in [4.69, 9.17) is 10.5 Å². The lowest BCUT2D eigenvalue weighted by molar-refractivity contribution is 0.103. The highest BCUT2D eigenvalue weighted by atomic mass is 19.1. The van der Waals surface area contributed by atoms with Crippen molar-refractivity contribution in [3.8, 4) is 5.75 Å². The van der Waals surface area contributed by atoms with Gasteiger partial charge in [0.1, 0.15) is 11.6 Å². The fourth-order valence-electron chi connectivity index (χ4n) is 1.65. The quantitative estimate of drug-likeness (QED) is 0.668. The van der Waals surface area contributed by atoms with Gasteiger partial charge in [-0.05, 0) is 42.5 Å². The molecule has 0 aliphatic heterocycles. The summed E-state index contributed by atoms with van der Waals surface area (Å²) in [7, 11) is 1.44. The molecule has 4 heteroatoms. The number of nitrogen functional groups attached to an aromatic ring is 1. The zero-order valence-corrected chi connectivity index (χ0v) is 9.81. The maximum absolute atomic E-state index is 13.2. The van der Waals surface area contributed by atoms with E-state index in [0.717, 1.165) is 6.07 Å². The number of carbonyl (C=O) groups excluding carboxylic acids is 1. The lowest BCUT2D eigenvalue weighted by Gasteiger charge is -2.07. The third-order valence-corrected chi connectivity index (χ3v) is 2.58. The highest BCUT2D eigenvalue weighted by Crippen LogP contribution is 2.23. The first-order valence-corrected chi connectivity index (χ1v) is 5.35. The van der Waals surface area contributed by atoms with Crippen molar-refractivity contribution in [2.75, 3.05) is 12.8 Å². The van der Waals surface area contributed by atoms with Crippen LogP contribution in [0.4, 0.5) is 10.1 Å². The van der Waals surface area contributed by atoms with E-state index < -0.39 is 5.82 Å². The average molecular weight is 245 g/mol. The third-order valence-electron chi connectivity index (χ3n) is 2.58. The molecule has 2 rings (SSSR count). The van der Waals surface area contributed by atoms with Crippen LogP contribution in [0.15, 0.2) is 42.5 Å². The smallest absolute Gasteiger partial charge is 0.196 e. The Kier molecular flexibility index (Phi) is 3.28. The number of benzene rings is 2. The van der Waals surface area contributed by atoms with E-state index in [1.54, 1.807) is 24.3 Å². The Hall–Kier alpha value is -2.36. The van der Waals surface area contributed by atoms with Crippen LogP contribution in [0.3, 0.4) is 0 Å². The van der Waals surface area contributed by atoms with Gasteiger partial charge in [0.25, 0.3) is 0 Å². The summed E-state index contributed by atoms with van der Waals surface area (Å²) in [6.07, 6.45) is 0. The number of anilines is 1. The molecule has 0 radical (unpaired) electrons. The highest BCUT2D eigenvalue weighted by Gasteiger charge is 2.15. The van der Waals surface area contributed by atoms with Gasteiger partial charge in [-0.3, -0.25) is 4.79 Å². The van der Waals surface area contributed by atoms with E-state index in [2.05, 4.69) is 0 Å². The van der Waals surface area contributed by atoms with Crippen LogP contribution in [-0.4, -0.2) is 12.9 Å². The van der Waals surface area contributed by atoms with Crippen LogP contribution in [0.5, 0.6) is 5.75 Å². The molecule has 0 saturated heterocycles. The number of ether oxygens (including phenoxy) is 1. The molecular weight excluding hydrogens is 233 g/mol. The number of ketones is 1.